The minimum absolute atomic E-state index is 0.0152. The molecule has 2 rings (SSSR count). The van der Waals surface area contributed by atoms with Gasteiger partial charge in [-0.15, -0.1) is 0 Å². The summed E-state index contributed by atoms with van der Waals surface area (Å²) >= 11 is 0. The summed E-state index contributed by atoms with van der Waals surface area (Å²) in [6.07, 6.45) is -0.349. The van der Waals surface area contributed by atoms with E-state index < -0.39 is 0 Å². The average molecular weight is 292 g/mol. The minimum Gasteiger partial charge on any atom is -0.484 e. The van der Waals surface area contributed by atoms with Crippen molar-refractivity contribution >= 4 is 12.0 Å². The van der Waals surface area contributed by atoms with Crippen molar-refractivity contribution < 1.29 is 19.1 Å². The zero-order chi connectivity index (χ0) is 15.2. The maximum absolute atomic E-state index is 12.1. The zero-order valence-corrected chi connectivity index (χ0v) is 12.4. The Balaban J connectivity index is 1.77. The third kappa shape index (κ3) is 4.11. The topological polar surface area (TPSA) is 59.1 Å². The molecule has 21 heavy (non-hydrogen) atoms. The summed E-state index contributed by atoms with van der Waals surface area (Å²) in [7, 11) is 1.36. The SMILES string of the molecule is COC(=O)N1CCN(C(=O)COc2ccc(C)cc2)CC1. The van der Waals surface area contributed by atoms with Crippen LogP contribution in [0.1, 0.15) is 5.56 Å². The van der Waals surface area contributed by atoms with E-state index in [9.17, 15) is 9.59 Å². The first-order valence-corrected chi connectivity index (χ1v) is 6.90. The third-order valence-corrected chi connectivity index (χ3v) is 3.45. The molecule has 0 aliphatic carbocycles. The summed E-state index contributed by atoms with van der Waals surface area (Å²) in [5.74, 6) is 0.613. The fourth-order valence-corrected chi connectivity index (χ4v) is 2.14. The van der Waals surface area contributed by atoms with Crippen LogP contribution in [0.4, 0.5) is 4.79 Å². The summed E-state index contributed by atoms with van der Waals surface area (Å²) in [6, 6.07) is 7.57. The largest absolute Gasteiger partial charge is 0.484 e. The van der Waals surface area contributed by atoms with Crippen molar-refractivity contribution in [2.24, 2.45) is 0 Å². The molecular formula is C15H20N2O4. The van der Waals surface area contributed by atoms with Crippen LogP contribution in [0.2, 0.25) is 0 Å². The molecule has 0 spiro atoms. The van der Waals surface area contributed by atoms with Gasteiger partial charge in [0.1, 0.15) is 5.75 Å². The molecular weight excluding hydrogens is 272 g/mol. The lowest BCUT2D eigenvalue weighted by Crippen LogP contribution is -2.51. The zero-order valence-electron chi connectivity index (χ0n) is 12.4. The maximum Gasteiger partial charge on any atom is 0.409 e. The third-order valence-electron chi connectivity index (χ3n) is 3.45. The Morgan fingerprint density at radius 2 is 1.62 bits per heavy atom. The number of methoxy groups -OCH3 is 1. The van der Waals surface area contributed by atoms with Crippen LogP contribution in [-0.4, -0.2) is 61.7 Å². The Morgan fingerprint density at radius 1 is 1.05 bits per heavy atom. The van der Waals surface area contributed by atoms with Gasteiger partial charge in [0.25, 0.3) is 5.91 Å². The van der Waals surface area contributed by atoms with Gasteiger partial charge < -0.3 is 19.3 Å². The molecule has 0 N–H and O–H groups in total. The van der Waals surface area contributed by atoms with Crippen LogP contribution in [0.5, 0.6) is 5.75 Å². The number of hydrogen-bond donors (Lipinski definition) is 0. The first-order chi connectivity index (χ1) is 10.1. The molecule has 2 amide bonds. The van der Waals surface area contributed by atoms with E-state index in [1.165, 1.54) is 7.11 Å². The van der Waals surface area contributed by atoms with E-state index in [-0.39, 0.29) is 18.6 Å². The molecule has 6 nitrogen and oxygen atoms in total. The van der Waals surface area contributed by atoms with Gasteiger partial charge in [-0.2, -0.15) is 0 Å². The second kappa shape index (κ2) is 6.97. The van der Waals surface area contributed by atoms with E-state index in [2.05, 4.69) is 4.74 Å². The van der Waals surface area contributed by atoms with E-state index >= 15 is 0 Å². The highest BCUT2D eigenvalue weighted by Crippen LogP contribution is 2.12. The number of aryl methyl sites for hydroxylation is 1. The molecule has 0 saturated carbocycles. The van der Waals surface area contributed by atoms with Gasteiger partial charge in [0, 0.05) is 26.2 Å². The highest BCUT2D eigenvalue weighted by Gasteiger charge is 2.24. The number of carbonyl (C=O) groups excluding carboxylic acids is 2. The first kappa shape index (κ1) is 15.2. The number of hydrogen-bond acceptors (Lipinski definition) is 4. The summed E-state index contributed by atoms with van der Waals surface area (Å²) in [4.78, 5) is 26.7. The number of amides is 2. The smallest absolute Gasteiger partial charge is 0.409 e. The van der Waals surface area contributed by atoms with Crippen LogP contribution in [0, 0.1) is 6.92 Å². The Hall–Kier alpha value is -2.24. The van der Waals surface area contributed by atoms with Crippen molar-refractivity contribution in [2.75, 3.05) is 39.9 Å². The second-order valence-electron chi connectivity index (χ2n) is 4.94. The monoisotopic (exact) mass is 292 g/mol. The van der Waals surface area contributed by atoms with Gasteiger partial charge in [0.15, 0.2) is 6.61 Å². The van der Waals surface area contributed by atoms with Gasteiger partial charge in [0.2, 0.25) is 0 Å². The second-order valence-corrected chi connectivity index (χ2v) is 4.94. The molecule has 1 aliphatic rings. The van der Waals surface area contributed by atoms with Gasteiger partial charge in [0.05, 0.1) is 7.11 Å². The summed E-state index contributed by atoms with van der Waals surface area (Å²) < 4.78 is 10.1. The lowest BCUT2D eigenvalue weighted by molar-refractivity contribution is -0.134. The number of carbonyl (C=O) groups is 2. The average Bonchev–Trinajstić information content (AvgIpc) is 2.53. The molecule has 1 aliphatic heterocycles. The lowest BCUT2D eigenvalue weighted by atomic mass is 10.2. The van der Waals surface area contributed by atoms with Gasteiger partial charge >= 0.3 is 6.09 Å². The van der Waals surface area contributed by atoms with Crippen LogP contribution in [-0.2, 0) is 9.53 Å². The van der Waals surface area contributed by atoms with E-state index in [1.54, 1.807) is 9.80 Å². The molecule has 1 heterocycles. The molecule has 0 bridgehead atoms. The van der Waals surface area contributed by atoms with Crippen LogP contribution < -0.4 is 4.74 Å². The van der Waals surface area contributed by atoms with E-state index in [4.69, 9.17) is 4.74 Å². The van der Waals surface area contributed by atoms with Crippen LogP contribution in [0.15, 0.2) is 24.3 Å². The summed E-state index contributed by atoms with van der Waals surface area (Å²) in [6.45, 7) is 4.00. The summed E-state index contributed by atoms with van der Waals surface area (Å²) in [5, 5.41) is 0. The van der Waals surface area contributed by atoms with Crippen LogP contribution in [0.3, 0.4) is 0 Å². The van der Waals surface area contributed by atoms with Gasteiger partial charge in [-0.3, -0.25) is 4.79 Å². The van der Waals surface area contributed by atoms with Crippen molar-refractivity contribution in [3.63, 3.8) is 0 Å². The molecule has 0 radical (unpaired) electrons. The molecule has 6 heteroatoms. The predicted molar refractivity (Wildman–Crippen MR) is 77.2 cm³/mol. The minimum atomic E-state index is -0.349. The fraction of sp³-hybridized carbons (Fsp3) is 0.467. The van der Waals surface area contributed by atoms with Gasteiger partial charge in [-0.25, -0.2) is 4.79 Å². The van der Waals surface area contributed by atoms with Crippen molar-refractivity contribution in [2.45, 2.75) is 6.92 Å². The maximum atomic E-state index is 12.1. The van der Waals surface area contributed by atoms with E-state index in [0.717, 1.165) is 5.56 Å². The summed E-state index contributed by atoms with van der Waals surface area (Å²) in [5.41, 5.74) is 1.15. The highest BCUT2D eigenvalue weighted by atomic mass is 16.5. The van der Waals surface area contributed by atoms with Crippen molar-refractivity contribution in [1.29, 1.82) is 0 Å². The van der Waals surface area contributed by atoms with Gasteiger partial charge in [-0.05, 0) is 19.1 Å². The highest BCUT2D eigenvalue weighted by molar-refractivity contribution is 5.78. The number of nitrogens with zero attached hydrogens (tertiary/aromatic N) is 2. The predicted octanol–water partition coefficient (Wildman–Crippen LogP) is 1.28. The number of rotatable bonds is 3. The molecule has 0 aromatic heterocycles. The molecule has 1 saturated heterocycles. The standard InChI is InChI=1S/C15H20N2O4/c1-12-3-5-13(6-4-12)21-11-14(18)16-7-9-17(10-8-16)15(19)20-2/h3-6H,7-11H2,1-2H3. The van der Waals surface area contributed by atoms with Crippen molar-refractivity contribution in [3.8, 4) is 5.75 Å². The Labute approximate surface area is 124 Å². The van der Waals surface area contributed by atoms with Crippen LogP contribution in [0.25, 0.3) is 0 Å². The van der Waals surface area contributed by atoms with E-state index in [1.807, 2.05) is 31.2 Å². The molecule has 1 aromatic carbocycles. The Kier molecular flexibility index (Phi) is 5.03. The number of piperazine rings is 1. The molecule has 1 aromatic rings. The lowest BCUT2D eigenvalue weighted by Gasteiger charge is -2.33. The Bertz CT molecular complexity index is 493. The van der Waals surface area contributed by atoms with Crippen molar-refractivity contribution in [3.05, 3.63) is 29.8 Å². The quantitative estimate of drug-likeness (QED) is 0.842. The van der Waals surface area contributed by atoms with Crippen LogP contribution >= 0.6 is 0 Å². The number of benzene rings is 1. The van der Waals surface area contributed by atoms with E-state index in [0.29, 0.717) is 31.9 Å². The number of ether oxygens (including phenoxy) is 2. The normalized spacial score (nSPS) is 14.8. The molecule has 1 fully saturated rings. The molecule has 0 unspecified atom stereocenters. The van der Waals surface area contributed by atoms with Crippen molar-refractivity contribution in [1.82, 2.24) is 9.80 Å². The Morgan fingerprint density at radius 3 is 2.19 bits per heavy atom. The van der Waals surface area contributed by atoms with Gasteiger partial charge in [-0.1, -0.05) is 17.7 Å². The fourth-order valence-electron chi connectivity index (χ4n) is 2.14. The molecule has 0 atom stereocenters. The first-order valence-electron chi connectivity index (χ1n) is 6.90. The molecule has 114 valence electrons.